The highest BCUT2D eigenvalue weighted by molar-refractivity contribution is 6.14. The van der Waals surface area contributed by atoms with Crippen molar-refractivity contribution in [2.24, 2.45) is 0 Å². The largest absolute Gasteiger partial charge is 0.310 e. The van der Waals surface area contributed by atoms with E-state index >= 15 is 0 Å². The number of fused-ring (bicyclic) bond motifs is 3. The van der Waals surface area contributed by atoms with E-state index in [1.807, 2.05) is 0 Å². The molecule has 0 saturated carbocycles. The molecule has 0 aliphatic heterocycles. The molecule has 0 heterocycles. The fourth-order valence-electron chi connectivity index (χ4n) is 7.33. The van der Waals surface area contributed by atoms with Crippen LogP contribution < -0.4 is 4.90 Å². The zero-order valence-electron chi connectivity index (χ0n) is 28.2. The number of hydrogen-bond donors (Lipinski definition) is 0. The predicted octanol–water partition coefficient (Wildman–Crippen LogP) is 14.1. The zero-order chi connectivity index (χ0) is 34.0. The molecule has 0 saturated heterocycles. The highest BCUT2D eigenvalue weighted by Gasteiger charge is 2.20. The number of anilines is 3. The normalized spacial score (nSPS) is 11.1. The van der Waals surface area contributed by atoms with Crippen molar-refractivity contribution in [3.63, 3.8) is 0 Å². The second-order valence-corrected chi connectivity index (χ2v) is 13.0. The van der Waals surface area contributed by atoms with Crippen molar-refractivity contribution in [1.29, 1.82) is 0 Å². The zero-order valence-corrected chi connectivity index (χ0v) is 28.2. The molecular formula is C50H35N. The van der Waals surface area contributed by atoms with Gasteiger partial charge in [-0.05, 0) is 91.0 Å². The van der Waals surface area contributed by atoms with Crippen molar-refractivity contribution >= 4 is 38.6 Å². The molecule has 0 bridgehead atoms. The average molecular weight is 650 g/mol. The van der Waals surface area contributed by atoms with Gasteiger partial charge in [-0.25, -0.2) is 0 Å². The van der Waals surface area contributed by atoms with Gasteiger partial charge in [-0.3, -0.25) is 0 Å². The maximum absolute atomic E-state index is 2.43. The minimum atomic E-state index is 1.10. The van der Waals surface area contributed by atoms with E-state index in [0.717, 1.165) is 17.1 Å². The third kappa shape index (κ3) is 5.86. The minimum Gasteiger partial charge on any atom is -0.310 e. The summed E-state index contributed by atoms with van der Waals surface area (Å²) in [6.07, 6.45) is 0. The van der Waals surface area contributed by atoms with Crippen LogP contribution in [-0.4, -0.2) is 0 Å². The monoisotopic (exact) mass is 649 g/mol. The van der Waals surface area contributed by atoms with Gasteiger partial charge >= 0.3 is 0 Å². The minimum absolute atomic E-state index is 1.10. The molecule has 0 atom stereocenters. The summed E-state index contributed by atoms with van der Waals surface area (Å²) in [7, 11) is 0. The Morgan fingerprint density at radius 2 is 0.686 bits per heavy atom. The summed E-state index contributed by atoms with van der Waals surface area (Å²) in [6, 6.07) is 76.7. The summed E-state index contributed by atoms with van der Waals surface area (Å²) in [6.45, 7) is 0. The Morgan fingerprint density at radius 1 is 0.255 bits per heavy atom. The van der Waals surface area contributed by atoms with Crippen LogP contribution >= 0.6 is 0 Å². The fourth-order valence-corrected chi connectivity index (χ4v) is 7.33. The molecule has 0 aromatic heterocycles. The third-order valence-electron chi connectivity index (χ3n) is 9.87. The molecule has 9 rings (SSSR count). The van der Waals surface area contributed by atoms with Gasteiger partial charge in [0.2, 0.25) is 0 Å². The maximum Gasteiger partial charge on any atom is 0.0546 e. The van der Waals surface area contributed by atoms with E-state index in [0.29, 0.717) is 0 Å². The average Bonchev–Trinajstić information content (AvgIpc) is 3.22. The van der Waals surface area contributed by atoms with Crippen LogP contribution in [0.4, 0.5) is 17.1 Å². The summed E-state index contributed by atoms with van der Waals surface area (Å²) < 4.78 is 0. The Morgan fingerprint density at radius 3 is 1.31 bits per heavy atom. The van der Waals surface area contributed by atoms with Gasteiger partial charge in [-0.1, -0.05) is 182 Å². The Kier molecular flexibility index (Phi) is 7.92. The van der Waals surface area contributed by atoms with E-state index in [9.17, 15) is 0 Å². The molecule has 1 heteroatoms. The van der Waals surface area contributed by atoms with E-state index in [1.165, 1.54) is 66.1 Å². The lowest BCUT2D eigenvalue weighted by molar-refractivity contribution is 1.30. The summed E-state index contributed by atoms with van der Waals surface area (Å²) in [4.78, 5) is 2.43. The molecule has 51 heavy (non-hydrogen) atoms. The molecule has 0 radical (unpaired) electrons. The molecular weight excluding hydrogens is 615 g/mol. The first kappa shape index (κ1) is 30.4. The Balaban J connectivity index is 1.25. The van der Waals surface area contributed by atoms with Crippen molar-refractivity contribution in [2.45, 2.75) is 0 Å². The van der Waals surface area contributed by atoms with E-state index in [-0.39, 0.29) is 0 Å². The molecule has 9 aromatic rings. The summed E-state index contributed by atoms with van der Waals surface area (Å²) in [5.41, 5.74) is 13.0. The van der Waals surface area contributed by atoms with Gasteiger partial charge in [0.1, 0.15) is 0 Å². The Hall–Kier alpha value is -6.70. The van der Waals surface area contributed by atoms with Crippen LogP contribution in [0.2, 0.25) is 0 Å². The van der Waals surface area contributed by atoms with E-state index in [2.05, 4.69) is 217 Å². The van der Waals surface area contributed by atoms with Crippen LogP contribution in [0.25, 0.3) is 66.1 Å². The van der Waals surface area contributed by atoms with Crippen LogP contribution in [0.1, 0.15) is 0 Å². The van der Waals surface area contributed by atoms with Gasteiger partial charge in [0.05, 0.1) is 5.69 Å². The van der Waals surface area contributed by atoms with Crippen molar-refractivity contribution in [1.82, 2.24) is 0 Å². The first-order valence-electron chi connectivity index (χ1n) is 17.5. The van der Waals surface area contributed by atoms with Gasteiger partial charge in [-0.15, -0.1) is 0 Å². The molecule has 9 aromatic carbocycles. The Bertz CT molecular complexity index is 2590. The highest BCUT2D eigenvalue weighted by atomic mass is 15.1. The topological polar surface area (TPSA) is 3.24 Å². The van der Waals surface area contributed by atoms with Crippen LogP contribution in [0.3, 0.4) is 0 Å². The van der Waals surface area contributed by atoms with Crippen LogP contribution in [0.15, 0.2) is 212 Å². The van der Waals surface area contributed by atoms with E-state index in [4.69, 9.17) is 0 Å². The second kappa shape index (κ2) is 13.3. The molecule has 0 fully saturated rings. The first-order valence-corrected chi connectivity index (χ1v) is 17.5. The molecule has 0 N–H and O–H groups in total. The second-order valence-electron chi connectivity index (χ2n) is 13.0. The van der Waals surface area contributed by atoms with Crippen molar-refractivity contribution in [2.75, 3.05) is 4.90 Å². The van der Waals surface area contributed by atoms with Crippen molar-refractivity contribution in [3.8, 4) is 44.5 Å². The predicted molar refractivity (Wildman–Crippen MR) is 218 cm³/mol. The molecule has 0 aliphatic carbocycles. The summed E-state index contributed by atoms with van der Waals surface area (Å²) in [5, 5.41) is 4.94. The number of benzene rings is 9. The molecule has 0 amide bonds. The standard InChI is InChI=1S/C50H35N/c1-4-14-36(15-5-1)38-24-26-41(27-25-38)46-33-32-44(35-49(46)40-18-8-3-9-19-40)51(43-30-28-39(29-31-43)37-16-6-2-7-17-37)50-34-42-20-10-11-21-45(42)47-22-12-13-23-48(47)50/h1-35H. The molecule has 0 unspecified atom stereocenters. The van der Waals surface area contributed by atoms with Gasteiger partial charge < -0.3 is 4.90 Å². The maximum atomic E-state index is 2.43. The number of hydrogen-bond acceptors (Lipinski definition) is 1. The fraction of sp³-hybridized carbons (Fsp3) is 0. The number of nitrogens with zero attached hydrogens (tertiary/aromatic N) is 1. The lowest BCUT2D eigenvalue weighted by atomic mass is 9.92. The molecule has 0 spiro atoms. The first-order chi connectivity index (χ1) is 25.3. The van der Waals surface area contributed by atoms with E-state index < -0.39 is 0 Å². The lowest BCUT2D eigenvalue weighted by Crippen LogP contribution is -2.11. The van der Waals surface area contributed by atoms with Gasteiger partial charge in [-0.2, -0.15) is 0 Å². The molecule has 0 aliphatic rings. The van der Waals surface area contributed by atoms with Crippen LogP contribution in [-0.2, 0) is 0 Å². The quantitative estimate of drug-likeness (QED) is 0.155. The van der Waals surface area contributed by atoms with Gasteiger partial charge in [0.25, 0.3) is 0 Å². The third-order valence-corrected chi connectivity index (χ3v) is 9.87. The summed E-state index contributed by atoms with van der Waals surface area (Å²) >= 11 is 0. The SMILES string of the molecule is c1ccc(-c2ccc(-c3ccc(N(c4ccc(-c5ccccc5)cc4)c4cc5ccccc5c5ccccc45)cc3-c3ccccc3)cc2)cc1. The smallest absolute Gasteiger partial charge is 0.0546 e. The van der Waals surface area contributed by atoms with Crippen molar-refractivity contribution < 1.29 is 0 Å². The van der Waals surface area contributed by atoms with Crippen LogP contribution in [0, 0.1) is 0 Å². The van der Waals surface area contributed by atoms with Crippen molar-refractivity contribution in [3.05, 3.63) is 212 Å². The van der Waals surface area contributed by atoms with Gasteiger partial charge in [0, 0.05) is 16.8 Å². The van der Waals surface area contributed by atoms with E-state index in [1.54, 1.807) is 0 Å². The van der Waals surface area contributed by atoms with Gasteiger partial charge in [0.15, 0.2) is 0 Å². The summed E-state index contributed by atoms with van der Waals surface area (Å²) in [5.74, 6) is 0. The molecule has 1 nitrogen and oxygen atoms in total. The van der Waals surface area contributed by atoms with Crippen LogP contribution in [0.5, 0.6) is 0 Å². The number of rotatable bonds is 7. The Labute approximate surface area is 299 Å². The lowest BCUT2D eigenvalue weighted by Gasteiger charge is -2.29. The molecule has 240 valence electrons. The highest BCUT2D eigenvalue weighted by Crippen LogP contribution is 2.45.